The standard InChI is InChI=1S/C22H18N6O2S/c1-14-6-2-4-8-17(14)28-21-15(10-25-28)22(24-13-23-21)31-12-20(30)27-11-19(29)26-16-7-3-5-9-18(16)27/h2-10,13H,11-12H2,1H3,(H,26,29). The van der Waals surface area contributed by atoms with E-state index in [1.807, 2.05) is 49.4 Å². The highest BCUT2D eigenvalue weighted by Gasteiger charge is 2.26. The second-order valence-corrected chi connectivity index (χ2v) is 8.06. The Morgan fingerprint density at radius 3 is 2.71 bits per heavy atom. The van der Waals surface area contributed by atoms with Crippen LogP contribution in [0.25, 0.3) is 16.7 Å². The van der Waals surface area contributed by atoms with E-state index in [-0.39, 0.29) is 24.1 Å². The molecule has 5 rings (SSSR count). The van der Waals surface area contributed by atoms with Crippen molar-refractivity contribution in [3.63, 3.8) is 0 Å². The van der Waals surface area contributed by atoms with E-state index in [0.29, 0.717) is 22.0 Å². The van der Waals surface area contributed by atoms with Crippen LogP contribution in [0, 0.1) is 6.92 Å². The molecule has 1 aliphatic rings. The molecule has 2 aromatic carbocycles. The first-order valence-electron chi connectivity index (χ1n) is 9.68. The lowest BCUT2D eigenvalue weighted by Gasteiger charge is -2.29. The van der Waals surface area contributed by atoms with Crippen molar-refractivity contribution in [2.24, 2.45) is 0 Å². The molecule has 2 amide bonds. The zero-order chi connectivity index (χ0) is 21.4. The third-order valence-electron chi connectivity index (χ3n) is 5.08. The SMILES string of the molecule is Cc1ccccc1-n1ncc2c(SCC(=O)N3CC(=O)Nc4ccccc43)ncnc21. The fourth-order valence-corrected chi connectivity index (χ4v) is 4.42. The number of fused-ring (bicyclic) bond motifs is 2. The van der Waals surface area contributed by atoms with Crippen LogP contribution in [0.3, 0.4) is 0 Å². The summed E-state index contributed by atoms with van der Waals surface area (Å²) < 4.78 is 1.78. The summed E-state index contributed by atoms with van der Waals surface area (Å²) in [6, 6.07) is 15.2. The van der Waals surface area contributed by atoms with E-state index in [1.165, 1.54) is 23.0 Å². The van der Waals surface area contributed by atoms with Crippen molar-refractivity contribution in [2.45, 2.75) is 11.9 Å². The smallest absolute Gasteiger partial charge is 0.244 e. The van der Waals surface area contributed by atoms with Crippen molar-refractivity contribution < 1.29 is 9.59 Å². The van der Waals surface area contributed by atoms with Gasteiger partial charge in [0.1, 0.15) is 17.9 Å². The van der Waals surface area contributed by atoms with Crippen molar-refractivity contribution in [3.8, 4) is 5.69 Å². The molecule has 0 bridgehead atoms. The third kappa shape index (κ3) is 3.53. The first-order chi connectivity index (χ1) is 15.1. The maximum Gasteiger partial charge on any atom is 0.244 e. The van der Waals surface area contributed by atoms with Gasteiger partial charge in [0.25, 0.3) is 0 Å². The number of anilines is 2. The maximum absolute atomic E-state index is 12.9. The number of rotatable bonds is 4. The lowest BCUT2D eigenvalue weighted by molar-refractivity contribution is -0.120. The Bertz CT molecular complexity index is 1320. The molecular weight excluding hydrogens is 412 g/mol. The fourth-order valence-electron chi connectivity index (χ4n) is 3.58. The highest BCUT2D eigenvalue weighted by Crippen LogP contribution is 2.31. The molecule has 154 valence electrons. The lowest BCUT2D eigenvalue weighted by Crippen LogP contribution is -2.43. The van der Waals surface area contributed by atoms with Crippen LogP contribution in [0.2, 0.25) is 0 Å². The minimum atomic E-state index is -0.207. The van der Waals surface area contributed by atoms with Crippen molar-refractivity contribution >= 4 is 46.0 Å². The van der Waals surface area contributed by atoms with Gasteiger partial charge in [0.2, 0.25) is 11.8 Å². The summed E-state index contributed by atoms with van der Waals surface area (Å²) in [6.07, 6.45) is 3.20. The largest absolute Gasteiger partial charge is 0.323 e. The molecule has 9 heteroatoms. The van der Waals surface area contributed by atoms with Crippen molar-refractivity contribution in [1.29, 1.82) is 0 Å². The molecule has 1 N–H and O–H groups in total. The van der Waals surface area contributed by atoms with E-state index in [4.69, 9.17) is 0 Å². The van der Waals surface area contributed by atoms with Gasteiger partial charge in [0.15, 0.2) is 5.65 Å². The Morgan fingerprint density at radius 2 is 1.87 bits per heavy atom. The van der Waals surface area contributed by atoms with E-state index in [2.05, 4.69) is 20.4 Å². The highest BCUT2D eigenvalue weighted by molar-refractivity contribution is 8.00. The van der Waals surface area contributed by atoms with Crippen LogP contribution in [-0.4, -0.2) is 43.9 Å². The summed E-state index contributed by atoms with van der Waals surface area (Å²) in [6.45, 7) is 2.02. The topological polar surface area (TPSA) is 93.0 Å². The fraction of sp³-hybridized carbons (Fsp3) is 0.136. The number of carbonyl (C=O) groups is 2. The molecule has 1 aliphatic heterocycles. The quantitative estimate of drug-likeness (QED) is 0.395. The average molecular weight is 430 g/mol. The first kappa shape index (κ1) is 19.3. The summed E-state index contributed by atoms with van der Waals surface area (Å²) in [4.78, 5) is 35.2. The van der Waals surface area contributed by atoms with Crippen LogP contribution < -0.4 is 10.2 Å². The molecule has 8 nitrogen and oxygen atoms in total. The molecule has 2 aromatic heterocycles. The number of hydrogen-bond donors (Lipinski definition) is 1. The number of benzene rings is 2. The molecule has 0 saturated carbocycles. The predicted octanol–water partition coefficient (Wildman–Crippen LogP) is 3.20. The first-order valence-corrected chi connectivity index (χ1v) is 10.7. The summed E-state index contributed by atoms with van der Waals surface area (Å²) in [5.74, 6) is -0.227. The molecule has 0 unspecified atom stereocenters. The number of hydrogen-bond acceptors (Lipinski definition) is 6. The molecule has 4 aromatic rings. The van der Waals surface area contributed by atoms with Gasteiger partial charge in [0.05, 0.1) is 34.4 Å². The van der Waals surface area contributed by atoms with Crippen molar-refractivity contribution in [3.05, 3.63) is 66.6 Å². The van der Waals surface area contributed by atoms with Gasteiger partial charge in [-0.3, -0.25) is 9.59 Å². The molecule has 0 atom stereocenters. The Kier molecular flexibility index (Phi) is 4.87. The summed E-state index contributed by atoms with van der Waals surface area (Å²) in [7, 11) is 0. The number of thioether (sulfide) groups is 1. The molecule has 0 fully saturated rings. The monoisotopic (exact) mass is 430 g/mol. The van der Waals surface area contributed by atoms with E-state index >= 15 is 0 Å². The van der Waals surface area contributed by atoms with Gasteiger partial charge in [-0.15, -0.1) is 0 Å². The molecule has 0 spiro atoms. The van der Waals surface area contributed by atoms with Crippen LogP contribution in [0.15, 0.2) is 66.1 Å². The van der Waals surface area contributed by atoms with Crippen LogP contribution in [0.5, 0.6) is 0 Å². The van der Waals surface area contributed by atoms with E-state index in [9.17, 15) is 9.59 Å². The second kappa shape index (κ2) is 7.84. The molecule has 3 heterocycles. The van der Waals surface area contributed by atoms with Crippen LogP contribution >= 0.6 is 11.8 Å². The minimum absolute atomic E-state index is 0.000801. The normalized spacial score (nSPS) is 13.2. The molecule has 0 radical (unpaired) electrons. The number of nitrogens with zero attached hydrogens (tertiary/aromatic N) is 5. The van der Waals surface area contributed by atoms with Crippen LogP contribution in [0.1, 0.15) is 5.56 Å². The number of amides is 2. The zero-order valence-corrected chi connectivity index (χ0v) is 17.5. The Morgan fingerprint density at radius 1 is 1.10 bits per heavy atom. The zero-order valence-electron chi connectivity index (χ0n) is 16.6. The Hall–Kier alpha value is -3.72. The predicted molar refractivity (Wildman–Crippen MR) is 120 cm³/mol. The highest BCUT2D eigenvalue weighted by atomic mass is 32.2. The van der Waals surface area contributed by atoms with Gasteiger partial charge in [-0.1, -0.05) is 42.1 Å². The van der Waals surface area contributed by atoms with Gasteiger partial charge in [-0.2, -0.15) is 5.10 Å². The third-order valence-corrected chi connectivity index (χ3v) is 6.07. The van der Waals surface area contributed by atoms with E-state index in [1.54, 1.807) is 16.9 Å². The number of para-hydroxylation sites is 3. The number of carbonyl (C=O) groups excluding carboxylic acids is 2. The summed E-state index contributed by atoms with van der Waals surface area (Å²) >= 11 is 1.31. The number of nitrogens with one attached hydrogen (secondary N) is 1. The lowest BCUT2D eigenvalue weighted by atomic mass is 10.2. The second-order valence-electron chi connectivity index (χ2n) is 7.09. The Balaban J connectivity index is 1.40. The van der Waals surface area contributed by atoms with Gasteiger partial charge >= 0.3 is 0 Å². The van der Waals surface area contributed by atoms with E-state index < -0.39 is 0 Å². The van der Waals surface area contributed by atoms with Gasteiger partial charge in [-0.05, 0) is 30.7 Å². The molecule has 0 aliphatic carbocycles. The van der Waals surface area contributed by atoms with Crippen LogP contribution in [0.4, 0.5) is 11.4 Å². The number of aromatic nitrogens is 4. The minimum Gasteiger partial charge on any atom is -0.323 e. The van der Waals surface area contributed by atoms with Gasteiger partial charge < -0.3 is 10.2 Å². The number of aryl methyl sites for hydroxylation is 1. The average Bonchev–Trinajstić information content (AvgIpc) is 3.21. The van der Waals surface area contributed by atoms with Crippen LogP contribution in [-0.2, 0) is 9.59 Å². The van der Waals surface area contributed by atoms with Crippen molar-refractivity contribution in [1.82, 2.24) is 19.7 Å². The van der Waals surface area contributed by atoms with Gasteiger partial charge in [0, 0.05) is 0 Å². The van der Waals surface area contributed by atoms with Crippen molar-refractivity contribution in [2.75, 3.05) is 22.5 Å². The maximum atomic E-state index is 12.9. The Labute approximate surface area is 182 Å². The molecule has 31 heavy (non-hydrogen) atoms. The molecular formula is C22H18N6O2S. The summed E-state index contributed by atoms with van der Waals surface area (Å²) in [5.41, 5.74) is 4.05. The summed E-state index contributed by atoms with van der Waals surface area (Å²) in [5, 5.41) is 8.74. The van der Waals surface area contributed by atoms with E-state index in [0.717, 1.165) is 16.6 Å². The molecule has 0 saturated heterocycles. The van der Waals surface area contributed by atoms with Gasteiger partial charge in [-0.25, -0.2) is 14.6 Å².